The molecule has 146 valence electrons. The Bertz CT molecular complexity index is 1060. The molecule has 0 saturated heterocycles. The van der Waals surface area contributed by atoms with E-state index in [-0.39, 0.29) is 5.78 Å². The molecule has 2 aliphatic rings. The van der Waals surface area contributed by atoms with Gasteiger partial charge in [0.05, 0.1) is 5.75 Å². The topological polar surface area (TPSA) is 78.7 Å². The van der Waals surface area contributed by atoms with E-state index in [0.29, 0.717) is 23.5 Å². The van der Waals surface area contributed by atoms with Gasteiger partial charge in [-0.2, -0.15) is 0 Å². The molecule has 0 atom stereocenters. The number of Topliss-reactive ketones (excluding diaryl/α,β-unsaturated/α-hetero) is 1. The predicted molar refractivity (Wildman–Crippen MR) is 105 cm³/mol. The average Bonchev–Trinajstić information content (AvgIpc) is 3.59. The van der Waals surface area contributed by atoms with Gasteiger partial charge in [-0.15, -0.1) is 10.2 Å². The summed E-state index contributed by atoms with van der Waals surface area (Å²) in [7, 11) is 0. The van der Waals surface area contributed by atoms with E-state index in [0.717, 1.165) is 33.7 Å². The molecule has 3 aromatic heterocycles. The van der Waals surface area contributed by atoms with Crippen LogP contribution in [0.15, 0.2) is 21.8 Å². The van der Waals surface area contributed by atoms with Crippen molar-refractivity contribution in [1.82, 2.24) is 24.5 Å². The Labute approximate surface area is 167 Å². The highest BCUT2D eigenvalue weighted by Crippen LogP contribution is 2.46. The number of aromatic nitrogens is 5. The molecule has 0 unspecified atom stereocenters. The minimum absolute atomic E-state index is 0.0999. The van der Waals surface area contributed by atoms with Gasteiger partial charge >= 0.3 is 0 Å². The minimum atomic E-state index is 0.0999. The summed E-state index contributed by atoms with van der Waals surface area (Å²) < 4.78 is 9.45. The van der Waals surface area contributed by atoms with Gasteiger partial charge in [0.1, 0.15) is 11.6 Å². The molecule has 5 rings (SSSR count). The van der Waals surface area contributed by atoms with Crippen molar-refractivity contribution >= 4 is 17.5 Å². The normalized spacial score (nSPS) is 16.7. The number of aryl methyl sites for hydroxylation is 2. The highest BCUT2D eigenvalue weighted by Gasteiger charge is 2.36. The van der Waals surface area contributed by atoms with Gasteiger partial charge in [0.2, 0.25) is 0 Å². The monoisotopic (exact) mass is 397 g/mol. The number of ketones is 1. The van der Waals surface area contributed by atoms with Gasteiger partial charge in [-0.05, 0) is 52.5 Å². The van der Waals surface area contributed by atoms with Crippen molar-refractivity contribution in [1.29, 1.82) is 0 Å². The van der Waals surface area contributed by atoms with Crippen molar-refractivity contribution in [3.05, 3.63) is 40.7 Å². The van der Waals surface area contributed by atoms with E-state index in [9.17, 15) is 4.79 Å². The molecular formula is C20H23N5O2S. The lowest BCUT2D eigenvalue weighted by Crippen LogP contribution is -2.07. The Hall–Kier alpha value is -2.35. The molecule has 28 heavy (non-hydrogen) atoms. The Morgan fingerprint density at radius 3 is 2.61 bits per heavy atom. The summed E-state index contributed by atoms with van der Waals surface area (Å²) in [6.07, 6.45) is 4.80. The summed E-state index contributed by atoms with van der Waals surface area (Å²) in [5.41, 5.74) is 2.58. The lowest BCUT2D eigenvalue weighted by molar-refractivity contribution is 0.102. The summed E-state index contributed by atoms with van der Waals surface area (Å²) in [5.74, 6) is 3.61. The number of carbonyl (C=O) groups is 1. The highest BCUT2D eigenvalue weighted by molar-refractivity contribution is 7.99. The molecule has 0 radical (unpaired) electrons. The van der Waals surface area contributed by atoms with E-state index >= 15 is 0 Å². The van der Waals surface area contributed by atoms with Crippen LogP contribution >= 0.6 is 11.8 Å². The molecule has 0 aromatic carbocycles. The fourth-order valence-electron chi connectivity index (χ4n) is 3.75. The molecule has 2 aliphatic carbocycles. The largest absolute Gasteiger partial charge is 0.360 e. The van der Waals surface area contributed by atoms with Gasteiger partial charge in [0.15, 0.2) is 16.8 Å². The van der Waals surface area contributed by atoms with Crippen LogP contribution in [0.5, 0.6) is 0 Å². The maximum atomic E-state index is 13.0. The minimum Gasteiger partial charge on any atom is -0.360 e. The lowest BCUT2D eigenvalue weighted by Gasteiger charge is -2.08. The first kappa shape index (κ1) is 17.7. The van der Waals surface area contributed by atoms with Crippen LogP contribution in [-0.4, -0.2) is 36.0 Å². The molecule has 2 fully saturated rings. The smallest absolute Gasteiger partial charge is 0.191 e. The molecule has 0 aliphatic heterocycles. The summed E-state index contributed by atoms with van der Waals surface area (Å²) >= 11 is 1.50. The molecule has 0 N–H and O–H groups in total. The van der Waals surface area contributed by atoms with E-state index in [4.69, 9.17) is 4.52 Å². The maximum absolute atomic E-state index is 13.0. The Balaban J connectivity index is 1.36. The first-order valence-electron chi connectivity index (χ1n) is 9.76. The van der Waals surface area contributed by atoms with Crippen LogP contribution in [0, 0.1) is 20.8 Å². The second-order valence-electron chi connectivity index (χ2n) is 7.84. The fourth-order valence-corrected chi connectivity index (χ4v) is 4.64. The summed E-state index contributed by atoms with van der Waals surface area (Å²) in [4.78, 5) is 13.0. The quantitative estimate of drug-likeness (QED) is 0.440. The molecule has 3 heterocycles. The number of hydrogen-bond donors (Lipinski definition) is 0. The third kappa shape index (κ3) is 3.09. The third-order valence-corrected chi connectivity index (χ3v) is 6.40. The average molecular weight is 398 g/mol. The van der Waals surface area contributed by atoms with Crippen LogP contribution in [0.1, 0.15) is 71.0 Å². The number of rotatable bonds is 7. The van der Waals surface area contributed by atoms with E-state index in [1.807, 2.05) is 37.5 Å². The van der Waals surface area contributed by atoms with E-state index in [1.54, 1.807) is 0 Å². The van der Waals surface area contributed by atoms with E-state index < -0.39 is 0 Å². The maximum Gasteiger partial charge on any atom is 0.191 e. The molecule has 7 nitrogen and oxygen atoms in total. The zero-order chi connectivity index (χ0) is 19.4. The van der Waals surface area contributed by atoms with Crippen LogP contribution in [0.4, 0.5) is 0 Å². The van der Waals surface area contributed by atoms with E-state index in [1.165, 1.54) is 37.4 Å². The molecule has 3 aromatic rings. The van der Waals surface area contributed by atoms with Crippen molar-refractivity contribution in [2.24, 2.45) is 0 Å². The predicted octanol–water partition coefficient (Wildman–Crippen LogP) is 4.17. The van der Waals surface area contributed by atoms with Crippen molar-refractivity contribution in [3.8, 4) is 5.82 Å². The number of thioether (sulfide) groups is 1. The Kier molecular flexibility index (Phi) is 4.19. The van der Waals surface area contributed by atoms with Crippen LogP contribution in [-0.2, 0) is 0 Å². The standard InChI is InChI=1S/C20H23N5O2S/c1-11-8-16(13(3)24(11)18-9-12(2)27-23-18)17(26)10-28-20-22-21-19(14-4-5-14)25(20)15-6-7-15/h8-9,14-15H,4-7,10H2,1-3H3. The number of hydrogen-bond acceptors (Lipinski definition) is 6. The fraction of sp³-hybridized carbons (Fsp3) is 0.500. The van der Waals surface area contributed by atoms with Crippen LogP contribution in [0.2, 0.25) is 0 Å². The van der Waals surface area contributed by atoms with Crippen molar-refractivity contribution in [3.63, 3.8) is 0 Å². The van der Waals surface area contributed by atoms with Crippen LogP contribution in [0.3, 0.4) is 0 Å². The second-order valence-corrected chi connectivity index (χ2v) is 8.79. The molecule has 2 saturated carbocycles. The molecule has 8 heteroatoms. The lowest BCUT2D eigenvalue weighted by atomic mass is 10.2. The third-order valence-electron chi connectivity index (χ3n) is 5.45. The van der Waals surface area contributed by atoms with Crippen LogP contribution < -0.4 is 0 Å². The van der Waals surface area contributed by atoms with E-state index in [2.05, 4.69) is 19.9 Å². The van der Waals surface area contributed by atoms with Crippen LogP contribution in [0.25, 0.3) is 5.82 Å². The zero-order valence-electron chi connectivity index (χ0n) is 16.3. The molecular weight excluding hydrogens is 374 g/mol. The van der Waals surface area contributed by atoms with Gasteiger partial charge in [-0.1, -0.05) is 16.9 Å². The summed E-state index contributed by atoms with van der Waals surface area (Å²) in [6, 6.07) is 4.34. The molecule has 0 spiro atoms. The van der Waals surface area contributed by atoms with Gasteiger partial charge in [0, 0.05) is 35.0 Å². The van der Waals surface area contributed by atoms with Gasteiger partial charge in [0.25, 0.3) is 0 Å². The van der Waals surface area contributed by atoms with Gasteiger partial charge < -0.3 is 9.09 Å². The second kappa shape index (κ2) is 6.62. The van der Waals surface area contributed by atoms with Crippen molar-refractivity contribution in [2.45, 2.75) is 63.6 Å². The van der Waals surface area contributed by atoms with Gasteiger partial charge in [-0.3, -0.25) is 9.36 Å². The number of nitrogens with zero attached hydrogens (tertiary/aromatic N) is 5. The van der Waals surface area contributed by atoms with Gasteiger partial charge in [-0.25, -0.2) is 0 Å². The SMILES string of the molecule is Cc1cc(-n2c(C)cc(C(=O)CSc3nnc(C4CC4)n3C3CC3)c2C)no1. The first-order valence-corrected chi connectivity index (χ1v) is 10.7. The number of carbonyl (C=O) groups excluding carboxylic acids is 1. The Morgan fingerprint density at radius 2 is 1.96 bits per heavy atom. The first-order chi connectivity index (χ1) is 13.5. The highest BCUT2D eigenvalue weighted by atomic mass is 32.2. The van der Waals surface area contributed by atoms with Crippen molar-refractivity contribution in [2.75, 3.05) is 5.75 Å². The van der Waals surface area contributed by atoms with Crippen molar-refractivity contribution < 1.29 is 9.32 Å². The zero-order valence-corrected chi connectivity index (χ0v) is 17.1. The summed E-state index contributed by atoms with van der Waals surface area (Å²) in [6.45, 7) is 5.79. The molecule has 0 amide bonds. The molecule has 0 bridgehead atoms. The Morgan fingerprint density at radius 1 is 1.18 bits per heavy atom. The summed E-state index contributed by atoms with van der Waals surface area (Å²) in [5, 5.41) is 13.8.